The number of rotatable bonds is 62. The third-order valence-electron chi connectivity index (χ3n) is 15.0. The van der Waals surface area contributed by atoms with E-state index in [4.69, 9.17) is 14.2 Å². The summed E-state index contributed by atoms with van der Waals surface area (Å²) in [6, 6.07) is 0. The van der Waals surface area contributed by atoms with Crippen LogP contribution in [0.15, 0.2) is 48.6 Å². The standard InChI is InChI=1S/C70H128O6/c1-4-7-10-13-16-19-22-25-27-29-31-33-34-35-36-37-39-40-42-45-48-51-54-57-60-63-69(72)75-66-67(65-74-68(71)62-59-56-53-50-47-44-24-21-18-15-12-9-6-3)76-70(73)64-61-58-55-52-49-46-43-41-38-32-30-28-26-23-20-17-14-11-8-5-2/h12,15,21-22,24-25,29,31,67H,4-11,13-14,16-20,23,26-28,30,32-66H2,1-3H3/b15-12-,24-21-,25-22-,31-29-. The van der Waals surface area contributed by atoms with E-state index in [1.165, 1.54) is 231 Å². The highest BCUT2D eigenvalue weighted by atomic mass is 16.6. The molecule has 0 aromatic heterocycles. The molecule has 0 N–H and O–H groups in total. The highest BCUT2D eigenvalue weighted by Crippen LogP contribution is 2.18. The van der Waals surface area contributed by atoms with Crippen LogP contribution in [0.3, 0.4) is 0 Å². The van der Waals surface area contributed by atoms with E-state index in [1.807, 2.05) is 0 Å². The summed E-state index contributed by atoms with van der Waals surface area (Å²) in [4.78, 5) is 38.3. The Bertz CT molecular complexity index is 1310. The summed E-state index contributed by atoms with van der Waals surface area (Å²) in [5.41, 5.74) is 0. The molecule has 76 heavy (non-hydrogen) atoms. The molecule has 0 saturated heterocycles. The van der Waals surface area contributed by atoms with E-state index in [0.29, 0.717) is 19.3 Å². The molecule has 0 aromatic carbocycles. The molecule has 0 fully saturated rings. The van der Waals surface area contributed by atoms with Crippen molar-refractivity contribution in [3.63, 3.8) is 0 Å². The normalized spacial score (nSPS) is 12.3. The van der Waals surface area contributed by atoms with E-state index in [1.54, 1.807) is 0 Å². The van der Waals surface area contributed by atoms with Gasteiger partial charge in [-0.1, -0.05) is 313 Å². The van der Waals surface area contributed by atoms with Crippen LogP contribution in [0.2, 0.25) is 0 Å². The van der Waals surface area contributed by atoms with Gasteiger partial charge in [0, 0.05) is 19.3 Å². The number of esters is 3. The molecule has 0 aromatic rings. The molecule has 0 radical (unpaired) electrons. The van der Waals surface area contributed by atoms with Crippen LogP contribution in [0.1, 0.15) is 361 Å². The number of carbonyl (C=O) groups is 3. The van der Waals surface area contributed by atoms with Crippen LogP contribution < -0.4 is 0 Å². The molecule has 0 rings (SSSR count). The summed E-state index contributed by atoms with van der Waals surface area (Å²) in [5.74, 6) is -0.866. The zero-order chi connectivity index (χ0) is 55.0. The van der Waals surface area contributed by atoms with E-state index < -0.39 is 6.10 Å². The van der Waals surface area contributed by atoms with Crippen LogP contribution in [0.5, 0.6) is 0 Å². The average molecular weight is 1070 g/mol. The van der Waals surface area contributed by atoms with Crippen LogP contribution in [0.4, 0.5) is 0 Å². The van der Waals surface area contributed by atoms with Gasteiger partial charge in [-0.25, -0.2) is 0 Å². The molecule has 6 heteroatoms. The van der Waals surface area contributed by atoms with Gasteiger partial charge in [0.15, 0.2) is 6.10 Å². The maximum Gasteiger partial charge on any atom is 0.306 e. The number of carbonyl (C=O) groups excluding carboxylic acids is 3. The second kappa shape index (κ2) is 64.9. The first kappa shape index (κ1) is 73.4. The fraction of sp³-hybridized carbons (Fsp3) is 0.843. The maximum absolute atomic E-state index is 12.9. The van der Waals surface area contributed by atoms with E-state index in [-0.39, 0.29) is 31.1 Å². The number of hydrogen-bond acceptors (Lipinski definition) is 6. The van der Waals surface area contributed by atoms with Gasteiger partial charge in [-0.3, -0.25) is 14.4 Å². The van der Waals surface area contributed by atoms with Gasteiger partial charge in [0.2, 0.25) is 0 Å². The minimum Gasteiger partial charge on any atom is -0.462 e. The van der Waals surface area contributed by atoms with Gasteiger partial charge in [-0.2, -0.15) is 0 Å². The van der Waals surface area contributed by atoms with Crippen LogP contribution in [0.25, 0.3) is 0 Å². The van der Waals surface area contributed by atoms with Gasteiger partial charge in [-0.15, -0.1) is 0 Å². The molecule has 0 amide bonds. The van der Waals surface area contributed by atoms with E-state index in [2.05, 4.69) is 69.4 Å². The van der Waals surface area contributed by atoms with E-state index in [0.717, 1.165) is 89.9 Å². The first-order valence-corrected chi connectivity index (χ1v) is 33.6. The largest absolute Gasteiger partial charge is 0.462 e. The zero-order valence-electron chi connectivity index (χ0n) is 51.0. The van der Waals surface area contributed by atoms with E-state index >= 15 is 0 Å². The van der Waals surface area contributed by atoms with Crippen molar-refractivity contribution < 1.29 is 28.6 Å². The molecule has 6 nitrogen and oxygen atoms in total. The van der Waals surface area contributed by atoms with Gasteiger partial charge in [0.1, 0.15) is 13.2 Å². The minimum absolute atomic E-state index is 0.0740. The van der Waals surface area contributed by atoms with Gasteiger partial charge in [0.05, 0.1) is 0 Å². The summed E-state index contributed by atoms with van der Waals surface area (Å²) in [6.45, 7) is 6.61. The molecule has 444 valence electrons. The van der Waals surface area contributed by atoms with Crippen molar-refractivity contribution >= 4 is 17.9 Å². The lowest BCUT2D eigenvalue weighted by molar-refractivity contribution is -0.167. The van der Waals surface area contributed by atoms with Crippen LogP contribution in [-0.4, -0.2) is 37.2 Å². The molecule has 0 spiro atoms. The van der Waals surface area contributed by atoms with Crippen molar-refractivity contribution in [1.82, 2.24) is 0 Å². The highest BCUT2D eigenvalue weighted by Gasteiger charge is 2.19. The molecule has 0 aliphatic carbocycles. The lowest BCUT2D eigenvalue weighted by Gasteiger charge is -2.18. The quantitative estimate of drug-likeness (QED) is 0.0261. The second-order valence-corrected chi connectivity index (χ2v) is 22.7. The lowest BCUT2D eigenvalue weighted by atomic mass is 10.0. The Hall–Kier alpha value is -2.63. The van der Waals surface area contributed by atoms with E-state index in [9.17, 15) is 14.4 Å². The third-order valence-corrected chi connectivity index (χ3v) is 15.0. The lowest BCUT2D eigenvalue weighted by Crippen LogP contribution is -2.30. The molecular formula is C70H128O6. The summed E-state index contributed by atoms with van der Waals surface area (Å²) in [6.07, 6.45) is 81.3. The number of unbranched alkanes of at least 4 members (excludes halogenated alkanes) is 43. The first-order valence-electron chi connectivity index (χ1n) is 33.6. The maximum atomic E-state index is 12.9. The van der Waals surface area contributed by atoms with Crippen molar-refractivity contribution in [2.75, 3.05) is 13.2 Å². The van der Waals surface area contributed by atoms with Gasteiger partial charge in [-0.05, 0) is 77.0 Å². The Balaban J connectivity index is 4.25. The fourth-order valence-corrected chi connectivity index (χ4v) is 9.99. The monoisotopic (exact) mass is 1060 g/mol. The molecule has 1 unspecified atom stereocenters. The Kier molecular flexibility index (Phi) is 62.6. The number of hydrogen-bond donors (Lipinski definition) is 0. The van der Waals surface area contributed by atoms with Gasteiger partial charge >= 0.3 is 17.9 Å². The summed E-state index contributed by atoms with van der Waals surface area (Å²) in [7, 11) is 0. The molecule has 0 bridgehead atoms. The first-order chi connectivity index (χ1) is 37.5. The van der Waals surface area contributed by atoms with Crippen LogP contribution in [-0.2, 0) is 28.6 Å². The molecule has 1 atom stereocenters. The Morgan fingerprint density at radius 3 is 0.776 bits per heavy atom. The van der Waals surface area contributed by atoms with Gasteiger partial charge in [0.25, 0.3) is 0 Å². The number of allylic oxidation sites excluding steroid dienone is 8. The van der Waals surface area contributed by atoms with Crippen LogP contribution >= 0.6 is 0 Å². The van der Waals surface area contributed by atoms with Crippen molar-refractivity contribution in [2.45, 2.75) is 367 Å². The smallest absolute Gasteiger partial charge is 0.306 e. The summed E-state index contributed by atoms with van der Waals surface area (Å²) >= 11 is 0. The Morgan fingerprint density at radius 2 is 0.500 bits per heavy atom. The molecule has 0 saturated carbocycles. The van der Waals surface area contributed by atoms with Gasteiger partial charge < -0.3 is 14.2 Å². The summed E-state index contributed by atoms with van der Waals surface area (Å²) < 4.78 is 17.0. The number of ether oxygens (including phenoxy) is 3. The SMILES string of the molecule is CCC/C=C\C/C=C\CCCCCCCC(=O)OCC(COC(=O)CCCCCCCCCCCCCCC/C=C\C/C=C\CCCCCCC)OC(=O)CCCCCCCCCCCCCCCCCCCCCC. The highest BCUT2D eigenvalue weighted by molar-refractivity contribution is 5.71. The van der Waals surface area contributed by atoms with Crippen molar-refractivity contribution in [3.05, 3.63) is 48.6 Å². The topological polar surface area (TPSA) is 78.9 Å². The predicted octanol–water partition coefficient (Wildman–Crippen LogP) is 22.9. The van der Waals surface area contributed by atoms with Crippen molar-refractivity contribution in [3.8, 4) is 0 Å². The fourth-order valence-electron chi connectivity index (χ4n) is 9.99. The third kappa shape index (κ3) is 62.2. The molecule has 0 aliphatic rings. The molecule has 0 heterocycles. The zero-order valence-corrected chi connectivity index (χ0v) is 51.0. The Labute approximate surface area is 473 Å². The summed E-state index contributed by atoms with van der Waals surface area (Å²) in [5, 5.41) is 0. The Morgan fingerprint density at radius 1 is 0.263 bits per heavy atom. The second-order valence-electron chi connectivity index (χ2n) is 22.7. The minimum atomic E-state index is -0.778. The van der Waals surface area contributed by atoms with Crippen molar-refractivity contribution in [2.24, 2.45) is 0 Å². The predicted molar refractivity (Wildman–Crippen MR) is 330 cm³/mol. The molecular weight excluding hydrogens is 937 g/mol. The van der Waals surface area contributed by atoms with Crippen LogP contribution in [0, 0.1) is 0 Å². The molecule has 0 aliphatic heterocycles. The average Bonchev–Trinajstić information content (AvgIpc) is 3.42. The van der Waals surface area contributed by atoms with Crippen molar-refractivity contribution in [1.29, 1.82) is 0 Å².